The molecular formula is C19H22N4O2. The minimum absolute atomic E-state index is 0.000934. The third-order valence-electron chi connectivity index (χ3n) is 4.25. The summed E-state index contributed by atoms with van der Waals surface area (Å²) in [6, 6.07) is 11.7. The van der Waals surface area contributed by atoms with Crippen LogP contribution in [0.4, 0.5) is 0 Å². The van der Waals surface area contributed by atoms with Gasteiger partial charge in [-0.25, -0.2) is 0 Å². The predicted octanol–water partition coefficient (Wildman–Crippen LogP) is 2.98. The number of benzene rings is 1. The summed E-state index contributed by atoms with van der Waals surface area (Å²) in [6.45, 7) is 4.36. The van der Waals surface area contributed by atoms with Crippen LogP contribution in [0.15, 0.2) is 53.3 Å². The molecule has 3 aromatic rings. The Labute approximate surface area is 146 Å². The van der Waals surface area contributed by atoms with Crippen LogP contribution >= 0.6 is 0 Å². The fourth-order valence-corrected chi connectivity index (χ4v) is 2.88. The molecule has 0 fully saturated rings. The van der Waals surface area contributed by atoms with Crippen LogP contribution in [0.3, 0.4) is 0 Å². The highest BCUT2D eigenvalue weighted by Gasteiger charge is 2.17. The molecule has 0 bridgehead atoms. The normalized spacial score (nSPS) is 12.1. The zero-order chi connectivity index (χ0) is 17.6. The van der Waals surface area contributed by atoms with Gasteiger partial charge in [0.15, 0.2) is 0 Å². The lowest BCUT2D eigenvalue weighted by Gasteiger charge is -2.19. The third kappa shape index (κ3) is 4.35. The van der Waals surface area contributed by atoms with Crippen LogP contribution in [0.5, 0.6) is 0 Å². The maximum absolute atomic E-state index is 12.5. The van der Waals surface area contributed by atoms with Crippen molar-refractivity contribution >= 4 is 5.91 Å². The van der Waals surface area contributed by atoms with Crippen molar-refractivity contribution in [1.29, 1.82) is 0 Å². The Kier molecular flexibility index (Phi) is 5.28. The van der Waals surface area contributed by atoms with Crippen LogP contribution in [-0.4, -0.2) is 20.8 Å². The molecule has 0 aliphatic carbocycles. The van der Waals surface area contributed by atoms with Gasteiger partial charge in [-0.05, 0) is 31.9 Å². The highest BCUT2D eigenvalue weighted by atomic mass is 16.5. The van der Waals surface area contributed by atoms with Gasteiger partial charge in [0.1, 0.15) is 5.76 Å². The molecule has 1 atom stereocenters. The van der Waals surface area contributed by atoms with Crippen molar-refractivity contribution < 1.29 is 9.32 Å². The number of carbonyl (C=O) groups is 1. The van der Waals surface area contributed by atoms with Crippen molar-refractivity contribution in [3.63, 3.8) is 0 Å². The molecule has 2 heterocycles. The van der Waals surface area contributed by atoms with Crippen molar-refractivity contribution in [2.24, 2.45) is 0 Å². The molecule has 6 heteroatoms. The second-order valence-electron chi connectivity index (χ2n) is 6.06. The second kappa shape index (κ2) is 7.79. The SMILES string of the molecule is Cc1noc(C)c1CCC(=O)N[C@@H](Cn1cccn1)c1ccccc1. The standard InChI is InChI=1S/C19H22N4O2/c1-14-17(15(2)25-22-14)9-10-19(24)21-18(13-23-12-6-11-20-23)16-7-4-3-5-8-16/h3-8,11-12,18H,9-10,13H2,1-2H3,(H,21,24)/t18-/m0/s1. The molecule has 0 radical (unpaired) electrons. The molecule has 3 rings (SSSR count). The molecule has 0 spiro atoms. The lowest BCUT2D eigenvalue weighted by Crippen LogP contribution is -2.31. The van der Waals surface area contributed by atoms with Crippen LogP contribution in [0.1, 0.15) is 35.0 Å². The van der Waals surface area contributed by atoms with Crippen molar-refractivity contribution in [2.45, 2.75) is 39.3 Å². The third-order valence-corrected chi connectivity index (χ3v) is 4.25. The predicted molar refractivity (Wildman–Crippen MR) is 93.9 cm³/mol. The Balaban J connectivity index is 1.66. The largest absolute Gasteiger partial charge is 0.361 e. The van der Waals surface area contributed by atoms with E-state index in [1.165, 1.54) is 0 Å². The molecule has 0 unspecified atom stereocenters. The van der Waals surface area contributed by atoms with E-state index in [4.69, 9.17) is 4.52 Å². The summed E-state index contributed by atoms with van der Waals surface area (Å²) in [7, 11) is 0. The molecular weight excluding hydrogens is 316 g/mol. The Bertz CT molecular complexity index is 790. The molecule has 1 N–H and O–H groups in total. The van der Waals surface area contributed by atoms with Crippen LogP contribution in [0.2, 0.25) is 0 Å². The van der Waals surface area contributed by atoms with Gasteiger partial charge in [-0.15, -0.1) is 0 Å². The fraction of sp³-hybridized carbons (Fsp3) is 0.316. The summed E-state index contributed by atoms with van der Waals surface area (Å²) in [6.07, 6.45) is 4.65. The van der Waals surface area contributed by atoms with Gasteiger partial charge < -0.3 is 9.84 Å². The number of rotatable bonds is 7. The van der Waals surface area contributed by atoms with Gasteiger partial charge in [0.05, 0.1) is 18.3 Å². The highest BCUT2D eigenvalue weighted by Crippen LogP contribution is 2.17. The smallest absolute Gasteiger partial charge is 0.220 e. The average Bonchev–Trinajstić information content (AvgIpc) is 3.24. The lowest BCUT2D eigenvalue weighted by molar-refractivity contribution is -0.121. The maximum atomic E-state index is 12.5. The molecule has 130 valence electrons. The Morgan fingerprint density at radius 3 is 2.68 bits per heavy atom. The second-order valence-corrected chi connectivity index (χ2v) is 6.06. The molecule has 6 nitrogen and oxygen atoms in total. The minimum atomic E-state index is -0.127. The number of nitrogens with zero attached hydrogens (tertiary/aromatic N) is 3. The topological polar surface area (TPSA) is 73.0 Å². The summed E-state index contributed by atoms with van der Waals surface area (Å²) in [5.74, 6) is 0.780. The zero-order valence-corrected chi connectivity index (χ0v) is 14.5. The lowest BCUT2D eigenvalue weighted by atomic mass is 10.1. The van der Waals surface area contributed by atoms with Gasteiger partial charge in [-0.3, -0.25) is 9.48 Å². The Hall–Kier alpha value is -2.89. The molecule has 2 aromatic heterocycles. The molecule has 0 saturated carbocycles. The number of nitrogens with one attached hydrogen (secondary N) is 1. The van der Waals surface area contributed by atoms with E-state index in [2.05, 4.69) is 15.6 Å². The molecule has 25 heavy (non-hydrogen) atoms. The molecule has 1 aromatic carbocycles. The van der Waals surface area contributed by atoms with E-state index in [9.17, 15) is 4.79 Å². The monoisotopic (exact) mass is 338 g/mol. The molecule has 1 amide bonds. The summed E-state index contributed by atoms with van der Waals surface area (Å²) in [5, 5.41) is 11.3. The molecule has 0 aliphatic rings. The van der Waals surface area contributed by atoms with Crippen LogP contribution in [0, 0.1) is 13.8 Å². The van der Waals surface area contributed by atoms with Gasteiger partial charge in [0.2, 0.25) is 5.91 Å². The van der Waals surface area contributed by atoms with E-state index < -0.39 is 0 Å². The first-order valence-corrected chi connectivity index (χ1v) is 8.37. The number of hydrogen-bond donors (Lipinski definition) is 1. The minimum Gasteiger partial charge on any atom is -0.361 e. The first-order valence-electron chi connectivity index (χ1n) is 8.37. The van der Waals surface area contributed by atoms with E-state index in [-0.39, 0.29) is 11.9 Å². The van der Waals surface area contributed by atoms with E-state index >= 15 is 0 Å². The number of carbonyl (C=O) groups excluding carboxylic acids is 1. The fourth-order valence-electron chi connectivity index (χ4n) is 2.88. The Morgan fingerprint density at radius 1 is 1.24 bits per heavy atom. The average molecular weight is 338 g/mol. The first-order chi connectivity index (χ1) is 12.1. The quantitative estimate of drug-likeness (QED) is 0.719. The first kappa shape index (κ1) is 17.0. The van der Waals surface area contributed by atoms with E-state index in [1.54, 1.807) is 6.20 Å². The van der Waals surface area contributed by atoms with Crippen LogP contribution in [0.25, 0.3) is 0 Å². The van der Waals surface area contributed by atoms with Gasteiger partial charge in [0, 0.05) is 24.4 Å². The van der Waals surface area contributed by atoms with Crippen molar-refractivity contribution in [2.75, 3.05) is 0 Å². The van der Waals surface area contributed by atoms with Crippen LogP contribution in [-0.2, 0) is 17.8 Å². The zero-order valence-electron chi connectivity index (χ0n) is 14.5. The summed E-state index contributed by atoms with van der Waals surface area (Å²) >= 11 is 0. The summed E-state index contributed by atoms with van der Waals surface area (Å²) in [5.41, 5.74) is 2.92. The van der Waals surface area contributed by atoms with Gasteiger partial charge >= 0.3 is 0 Å². The van der Waals surface area contributed by atoms with Crippen molar-refractivity contribution in [3.05, 3.63) is 71.4 Å². The summed E-state index contributed by atoms with van der Waals surface area (Å²) < 4.78 is 6.98. The number of hydrogen-bond acceptors (Lipinski definition) is 4. The van der Waals surface area contributed by atoms with Crippen LogP contribution < -0.4 is 5.32 Å². The maximum Gasteiger partial charge on any atom is 0.220 e. The highest BCUT2D eigenvalue weighted by molar-refractivity contribution is 5.76. The van der Waals surface area contributed by atoms with E-state index in [0.29, 0.717) is 19.4 Å². The van der Waals surface area contributed by atoms with E-state index in [1.807, 2.05) is 61.1 Å². The van der Waals surface area contributed by atoms with Crippen molar-refractivity contribution in [1.82, 2.24) is 20.3 Å². The molecule has 0 aliphatic heterocycles. The Morgan fingerprint density at radius 2 is 2.04 bits per heavy atom. The van der Waals surface area contributed by atoms with Gasteiger partial charge in [0.25, 0.3) is 0 Å². The van der Waals surface area contributed by atoms with E-state index in [0.717, 1.165) is 22.6 Å². The molecule has 0 saturated heterocycles. The van der Waals surface area contributed by atoms with Gasteiger partial charge in [-0.1, -0.05) is 35.5 Å². The van der Waals surface area contributed by atoms with Gasteiger partial charge in [-0.2, -0.15) is 5.10 Å². The number of aryl methyl sites for hydroxylation is 2. The number of amides is 1. The van der Waals surface area contributed by atoms with Crippen molar-refractivity contribution in [3.8, 4) is 0 Å². The summed E-state index contributed by atoms with van der Waals surface area (Å²) in [4.78, 5) is 12.5. The number of aromatic nitrogens is 3.